The van der Waals surface area contributed by atoms with Gasteiger partial charge in [-0.1, -0.05) is 28.9 Å². The maximum absolute atomic E-state index is 13.1. The van der Waals surface area contributed by atoms with Crippen molar-refractivity contribution in [2.75, 3.05) is 4.72 Å². The number of nitrogens with zero attached hydrogens (tertiary/aromatic N) is 3. The quantitative estimate of drug-likeness (QED) is 0.414. The number of carbonyl (C=O) groups excluding carboxylic acids is 1. The van der Waals surface area contributed by atoms with Crippen LogP contribution in [0.25, 0.3) is 10.9 Å². The number of aromatic nitrogens is 3. The lowest BCUT2D eigenvalue weighted by atomic mass is 10.2. The molecule has 33 heavy (non-hydrogen) atoms. The minimum atomic E-state index is -4.11. The monoisotopic (exact) mass is 488 g/mol. The number of anilines is 1. The zero-order chi connectivity index (χ0) is 23.6. The Kier molecular flexibility index (Phi) is 6.07. The van der Waals surface area contributed by atoms with E-state index in [1.54, 1.807) is 24.3 Å². The lowest BCUT2D eigenvalue weighted by Gasteiger charge is -2.11. The van der Waals surface area contributed by atoms with Gasteiger partial charge in [0.25, 0.3) is 15.6 Å². The zero-order valence-electron chi connectivity index (χ0n) is 16.6. The number of sulfonamides is 1. The molecule has 1 aromatic heterocycles. The Balaban J connectivity index is 1.55. The van der Waals surface area contributed by atoms with E-state index in [0.717, 1.165) is 22.9 Å². The molecule has 168 valence electrons. The molecular formula is C21H14ClFN4O5S. The predicted octanol–water partition coefficient (Wildman–Crippen LogP) is 3.20. The third-order valence-electron chi connectivity index (χ3n) is 4.51. The molecule has 0 amide bonds. The highest BCUT2D eigenvalue weighted by Crippen LogP contribution is 2.23. The minimum Gasteiger partial charge on any atom is -0.438 e. The van der Waals surface area contributed by atoms with Crippen LogP contribution < -0.4 is 10.3 Å². The second-order valence-corrected chi connectivity index (χ2v) is 8.82. The van der Waals surface area contributed by atoms with Crippen LogP contribution in [0.1, 0.15) is 10.4 Å². The number of fused-ring (bicyclic) bond motifs is 1. The van der Waals surface area contributed by atoms with Gasteiger partial charge in [0.1, 0.15) is 11.3 Å². The number of nitrogens with one attached hydrogen (secondary N) is 1. The van der Waals surface area contributed by atoms with Crippen molar-refractivity contribution in [3.8, 4) is 0 Å². The first-order valence-electron chi connectivity index (χ1n) is 9.32. The van der Waals surface area contributed by atoms with E-state index in [1.165, 1.54) is 24.3 Å². The Labute approximate surface area is 191 Å². The summed E-state index contributed by atoms with van der Waals surface area (Å²) in [6.45, 7) is -0.559. The zero-order valence-corrected chi connectivity index (χ0v) is 18.2. The van der Waals surface area contributed by atoms with E-state index in [2.05, 4.69) is 15.0 Å². The molecule has 0 bridgehead atoms. The highest BCUT2D eigenvalue weighted by atomic mass is 35.5. The summed E-state index contributed by atoms with van der Waals surface area (Å²) in [6, 6.07) is 14.7. The fourth-order valence-corrected chi connectivity index (χ4v) is 4.14. The van der Waals surface area contributed by atoms with Crippen molar-refractivity contribution in [1.29, 1.82) is 0 Å². The average molecular weight is 489 g/mol. The van der Waals surface area contributed by atoms with Gasteiger partial charge in [0.05, 0.1) is 20.9 Å². The second-order valence-electron chi connectivity index (χ2n) is 6.73. The first-order valence-corrected chi connectivity index (χ1v) is 11.2. The molecule has 12 heteroatoms. The van der Waals surface area contributed by atoms with Crippen molar-refractivity contribution in [3.05, 3.63) is 93.5 Å². The molecule has 0 aliphatic carbocycles. The topological polar surface area (TPSA) is 120 Å². The number of esters is 1. The van der Waals surface area contributed by atoms with Crippen molar-refractivity contribution in [2.24, 2.45) is 0 Å². The molecule has 0 saturated heterocycles. The summed E-state index contributed by atoms with van der Waals surface area (Å²) in [5.74, 6) is -1.50. The van der Waals surface area contributed by atoms with E-state index in [9.17, 15) is 22.4 Å². The Morgan fingerprint density at radius 1 is 1.09 bits per heavy atom. The number of hydrogen-bond acceptors (Lipinski definition) is 7. The van der Waals surface area contributed by atoms with Crippen LogP contribution in [0.5, 0.6) is 0 Å². The summed E-state index contributed by atoms with van der Waals surface area (Å²) in [5.41, 5.74) is -0.232. The van der Waals surface area contributed by atoms with Gasteiger partial charge in [0.2, 0.25) is 0 Å². The first kappa shape index (κ1) is 22.4. The average Bonchev–Trinajstić information content (AvgIpc) is 2.80. The van der Waals surface area contributed by atoms with Crippen molar-refractivity contribution < 1.29 is 22.3 Å². The summed E-state index contributed by atoms with van der Waals surface area (Å²) in [7, 11) is -4.11. The van der Waals surface area contributed by atoms with Crippen LogP contribution in [0.15, 0.2) is 76.4 Å². The van der Waals surface area contributed by atoms with Crippen molar-refractivity contribution in [2.45, 2.75) is 11.6 Å². The number of halogens is 2. The molecule has 4 rings (SSSR count). The molecule has 0 fully saturated rings. The van der Waals surface area contributed by atoms with Crippen LogP contribution in [0, 0.1) is 5.82 Å². The Bertz CT molecular complexity index is 1520. The summed E-state index contributed by atoms with van der Waals surface area (Å²) in [6.07, 6.45) is 0. The third-order valence-corrected chi connectivity index (χ3v) is 6.22. The largest absolute Gasteiger partial charge is 0.438 e. The van der Waals surface area contributed by atoms with E-state index >= 15 is 0 Å². The number of rotatable bonds is 6. The molecule has 0 atom stereocenters. The molecule has 4 aromatic rings. The molecule has 9 nitrogen and oxygen atoms in total. The van der Waals surface area contributed by atoms with E-state index in [4.69, 9.17) is 16.3 Å². The minimum absolute atomic E-state index is 0.0577. The number of hydrogen-bond donors (Lipinski definition) is 1. The van der Waals surface area contributed by atoms with Crippen LogP contribution in [-0.2, 0) is 21.5 Å². The van der Waals surface area contributed by atoms with Crippen molar-refractivity contribution in [1.82, 2.24) is 15.0 Å². The van der Waals surface area contributed by atoms with E-state index in [-0.39, 0.29) is 21.2 Å². The van der Waals surface area contributed by atoms with Gasteiger partial charge in [-0.25, -0.2) is 17.6 Å². The summed E-state index contributed by atoms with van der Waals surface area (Å²) in [4.78, 5) is 24.7. The van der Waals surface area contributed by atoms with Crippen LogP contribution in [0.2, 0.25) is 5.02 Å². The van der Waals surface area contributed by atoms with Gasteiger partial charge in [-0.05, 0) is 54.6 Å². The lowest BCUT2D eigenvalue weighted by Crippen LogP contribution is -2.26. The normalized spacial score (nSPS) is 11.3. The number of benzene rings is 3. The lowest BCUT2D eigenvalue weighted by molar-refractivity contribution is 0.0336. The highest BCUT2D eigenvalue weighted by Gasteiger charge is 2.20. The molecule has 1 N–H and O–H groups in total. The molecule has 0 saturated carbocycles. The second kappa shape index (κ2) is 8.96. The van der Waals surface area contributed by atoms with Gasteiger partial charge >= 0.3 is 5.97 Å². The van der Waals surface area contributed by atoms with Gasteiger partial charge in [0.15, 0.2) is 6.73 Å². The molecule has 0 radical (unpaired) electrons. The Morgan fingerprint density at radius 3 is 2.58 bits per heavy atom. The maximum atomic E-state index is 13.1. The fraction of sp³-hybridized carbons (Fsp3) is 0.0476. The van der Waals surface area contributed by atoms with Gasteiger partial charge in [-0.15, -0.1) is 5.10 Å². The first-order chi connectivity index (χ1) is 15.7. The molecular weight excluding hydrogens is 475 g/mol. The van der Waals surface area contributed by atoms with Crippen molar-refractivity contribution in [3.63, 3.8) is 0 Å². The molecule has 0 spiro atoms. The van der Waals surface area contributed by atoms with Crippen molar-refractivity contribution >= 4 is 44.2 Å². The Hall–Kier alpha value is -3.83. The maximum Gasteiger partial charge on any atom is 0.341 e. The predicted molar refractivity (Wildman–Crippen MR) is 118 cm³/mol. The van der Waals surface area contributed by atoms with Crippen LogP contribution in [0.3, 0.4) is 0 Å². The van der Waals surface area contributed by atoms with Crippen LogP contribution in [0.4, 0.5) is 10.1 Å². The molecule has 1 heterocycles. The summed E-state index contributed by atoms with van der Waals surface area (Å²) >= 11 is 6.06. The standard InChI is InChI=1S/C21H14ClFN4O5S/c22-18-10-9-15(33(30,31)25-14-7-5-13(23)6-8-14)11-17(18)21(29)32-12-27-20(28)16-3-1-2-4-19(16)24-26-27/h1-11,25H,12H2. The Morgan fingerprint density at radius 2 is 1.82 bits per heavy atom. The number of ether oxygens (including phenoxy) is 1. The van der Waals surface area contributed by atoms with Gasteiger partial charge in [0, 0.05) is 5.69 Å². The SMILES string of the molecule is O=C(OCn1nnc2ccccc2c1=O)c1cc(S(=O)(=O)Nc2ccc(F)cc2)ccc1Cl. The van der Waals surface area contributed by atoms with E-state index in [0.29, 0.717) is 10.9 Å². The molecule has 0 aliphatic rings. The fourth-order valence-electron chi connectivity index (χ4n) is 2.87. The third kappa shape index (κ3) is 4.83. The van der Waals surface area contributed by atoms with Gasteiger partial charge in [-0.2, -0.15) is 4.68 Å². The summed E-state index contributed by atoms with van der Waals surface area (Å²) in [5, 5.41) is 7.84. The summed E-state index contributed by atoms with van der Waals surface area (Å²) < 4.78 is 46.6. The van der Waals surface area contributed by atoms with Crippen LogP contribution in [-0.4, -0.2) is 29.4 Å². The molecule has 3 aromatic carbocycles. The van der Waals surface area contributed by atoms with E-state index in [1.807, 2.05) is 0 Å². The smallest absolute Gasteiger partial charge is 0.341 e. The van der Waals surface area contributed by atoms with Crippen LogP contribution >= 0.6 is 11.6 Å². The molecule has 0 aliphatic heterocycles. The molecule has 0 unspecified atom stereocenters. The number of carbonyl (C=O) groups is 1. The van der Waals surface area contributed by atoms with Gasteiger partial charge in [-0.3, -0.25) is 9.52 Å². The van der Waals surface area contributed by atoms with Gasteiger partial charge < -0.3 is 4.74 Å². The highest BCUT2D eigenvalue weighted by molar-refractivity contribution is 7.92. The van der Waals surface area contributed by atoms with E-state index < -0.39 is 34.1 Å².